The van der Waals surface area contributed by atoms with Gasteiger partial charge in [-0.25, -0.2) is 4.79 Å². The summed E-state index contributed by atoms with van der Waals surface area (Å²) in [5.74, 6) is 0. The van der Waals surface area contributed by atoms with E-state index in [4.69, 9.17) is 4.74 Å². The van der Waals surface area contributed by atoms with Gasteiger partial charge in [0.2, 0.25) is 0 Å². The van der Waals surface area contributed by atoms with Crippen LogP contribution >= 0.6 is 15.9 Å². The Morgan fingerprint density at radius 3 is 2.71 bits per heavy atom. The average molecular weight is 351 g/mol. The van der Waals surface area contributed by atoms with Crippen LogP contribution in [0.1, 0.15) is 26.5 Å². The first-order valence-corrected chi connectivity index (χ1v) is 7.88. The number of aromatic nitrogens is 1. The van der Waals surface area contributed by atoms with Crippen molar-refractivity contribution in [3.8, 4) is 0 Å². The van der Waals surface area contributed by atoms with Crippen LogP contribution in [0.25, 0.3) is 10.9 Å². The molecule has 2 aromatic rings. The van der Waals surface area contributed by atoms with E-state index in [-0.39, 0.29) is 6.09 Å². The summed E-state index contributed by atoms with van der Waals surface area (Å²) in [5, 5.41) is 1.20. The molecular weight excluding hydrogens is 332 g/mol. The molecule has 1 aromatic carbocycles. The molecule has 0 spiro atoms. The van der Waals surface area contributed by atoms with Crippen LogP contribution in [-0.4, -0.2) is 27.7 Å². The van der Waals surface area contributed by atoms with Crippen molar-refractivity contribution in [2.24, 2.45) is 0 Å². The molecule has 0 N–H and O–H groups in total. The van der Waals surface area contributed by atoms with E-state index >= 15 is 0 Å². The molecule has 1 aromatic heterocycles. The van der Waals surface area contributed by atoms with Gasteiger partial charge in [-0.1, -0.05) is 15.9 Å². The van der Waals surface area contributed by atoms with Gasteiger partial charge >= 0.3 is 6.09 Å². The first kappa shape index (κ1) is 14.4. The molecule has 1 amide bonds. The highest BCUT2D eigenvalue weighted by Crippen LogP contribution is 2.27. The maximum absolute atomic E-state index is 12.2. The lowest BCUT2D eigenvalue weighted by molar-refractivity contribution is 0.0200. The van der Waals surface area contributed by atoms with Crippen molar-refractivity contribution in [1.82, 2.24) is 9.47 Å². The molecule has 0 unspecified atom stereocenters. The van der Waals surface area contributed by atoms with Gasteiger partial charge in [-0.15, -0.1) is 0 Å². The standard InChI is InChI=1S/C16H19BrN2O2/c1-16(2,3)21-15(20)18-6-7-19-13(10-18)9-11-8-12(17)4-5-14(11)19/h4-5,8-9H,6-7,10H2,1-3H3. The summed E-state index contributed by atoms with van der Waals surface area (Å²) in [5.41, 5.74) is 1.92. The Morgan fingerprint density at radius 1 is 1.24 bits per heavy atom. The van der Waals surface area contributed by atoms with Gasteiger partial charge in [-0.2, -0.15) is 0 Å². The van der Waals surface area contributed by atoms with Crippen LogP contribution in [-0.2, 0) is 17.8 Å². The van der Waals surface area contributed by atoms with Crippen LogP contribution in [0.4, 0.5) is 4.79 Å². The lowest BCUT2D eigenvalue weighted by Gasteiger charge is -2.31. The van der Waals surface area contributed by atoms with Crippen LogP contribution in [0.3, 0.4) is 0 Å². The third-order valence-electron chi connectivity index (χ3n) is 3.55. The number of rotatable bonds is 0. The lowest BCUT2D eigenvalue weighted by Crippen LogP contribution is -2.41. The Hall–Kier alpha value is -1.49. The number of carbonyl (C=O) groups excluding carboxylic acids is 1. The van der Waals surface area contributed by atoms with Crippen LogP contribution in [0.15, 0.2) is 28.7 Å². The van der Waals surface area contributed by atoms with E-state index in [1.165, 1.54) is 10.9 Å². The molecule has 0 saturated heterocycles. The van der Waals surface area contributed by atoms with Crippen LogP contribution in [0, 0.1) is 0 Å². The number of amides is 1. The molecule has 112 valence electrons. The SMILES string of the molecule is CC(C)(C)OC(=O)N1CCn2c(cc3cc(Br)ccc32)C1. The second kappa shape index (κ2) is 5.05. The molecule has 0 radical (unpaired) electrons. The van der Waals surface area contributed by atoms with Crippen molar-refractivity contribution < 1.29 is 9.53 Å². The molecule has 1 aliphatic heterocycles. The third kappa shape index (κ3) is 2.93. The van der Waals surface area contributed by atoms with E-state index in [2.05, 4.69) is 44.8 Å². The fourth-order valence-electron chi connectivity index (χ4n) is 2.67. The summed E-state index contributed by atoms with van der Waals surface area (Å²) >= 11 is 3.50. The maximum atomic E-state index is 12.2. The number of fused-ring (bicyclic) bond motifs is 3. The summed E-state index contributed by atoms with van der Waals surface area (Å²) in [6, 6.07) is 8.43. The molecular formula is C16H19BrN2O2. The fraction of sp³-hybridized carbons (Fsp3) is 0.438. The molecule has 0 aliphatic carbocycles. The zero-order chi connectivity index (χ0) is 15.2. The Labute approximate surface area is 132 Å². The lowest BCUT2D eigenvalue weighted by atomic mass is 10.2. The van der Waals surface area contributed by atoms with Crippen LogP contribution < -0.4 is 0 Å². The summed E-state index contributed by atoms with van der Waals surface area (Å²) in [6.07, 6.45) is -0.236. The number of hydrogen-bond donors (Lipinski definition) is 0. The van der Waals surface area contributed by atoms with E-state index in [9.17, 15) is 4.79 Å². The quantitative estimate of drug-likeness (QED) is 0.715. The highest BCUT2D eigenvalue weighted by Gasteiger charge is 2.26. The predicted molar refractivity (Wildman–Crippen MR) is 86.3 cm³/mol. The number of benzene rings is 1. The highest BCUT2D eigenvalue weighted by atomic mass is 79.9. The van der Waals surface area contributed by atoms with Gasteiger partial charge in [-0.3, -0.25) is 0 Å². The fourth-order valence-corrected chi connectivity index (χ4v) is 3.05. The molecule has 3 rings (SSSR count). The van der Waals surface area contributed by atoms with Crippen molar-refractivity contribution in [2.45, 2.75) is 39.5 Å². The van der Waals surface area contributed by atoms with Crippen LogP contribution in [0.2, 0.25) is 0 Å². The van der Waals surface area contributed by atoms with Gasteiger partial charge in [0.1, 0.15) is 5.60 Å². The summed E-state index contributed by atoms with van der Waals surface area (Å²) in [6.45, 7) is 7.76. The van der Waals surface area contributed by atoms with Gasteiger partial charge in [0.05, 0.1) is 6.54 Å². The van der Waals surface area contributed by atoms with Gasteiger partial charge in [0.15, 0.2) is 0 Å². The van der Waals surface area contributed by atoms with E-state index < -0.39 is 5.60 Å². The van der Waals surface area contributed by atoms with Crippen molar-refractivity contribution in [3.05, 3.63) is 34.4 Å². The summed E-state index contributed by atoms with van der Waals surface area (Å²) < 4.78 is 8.81. The number of carbonyl (C=O) groups is 1. The third-order valence-corrected chi connectivity index (χ3v) is 4.04. The van der Waals surface area contributed by atoms with Crippen molar-refractivity contribution >= 4 is 32.9 Å². The minimum Gasteiger partial charge on any atom is -0.444 e. The van der Waals surface area contributed by atoms with Crippen molar-refractivity contribution in [3.63, 3.8) is 0 Å². The minimum absolute atomic E-state index is 0.236. The van der Waals surface area contributed by atoms with Gasteiger partial charge in [0, 0.05) is 34.2 Å². The summed E-state index contributed by atoms with van der Waals surface area (Å²) in [7, 11) is 0. The second-order valence-corrected chi connectivity index (χ2v) is 7.31. The largest absolute Gasteiger partial charge is 0.444 e. The van der Waals surface area contributed by atoms with Gasteiger partial charge in [0.25, 0.3) is 0 Å². The molecule has 1 aliphatic rings. The first-order chi connectivity index (χ1) is 9.83. The number of ether oxygens (including phenoxy) is 1. The van der Waals surface area contributed by atoms with Gasteiger partial charge < -0.3 is 14.2 Å². The Kier molecular flexibility index (Phi) is 3.48. The number of nitrogens with zero attached hydrogens (tertiary/aromatic N) is 2. The zero-order valence-corrected chi connectivity index (χ0v) is 14.1. The van der Waals surface area contributed by atoms with Crippen LogP contribution in [0.5, 0.6) is 0 Å². The van der Waals surface area contributed by atoms with Crippen molar-refractivity contribution in [2.75, 3.05) is 6.54 Å². The monoisotopic (exact) mass is 350 g/mol. The number of hydrogen-bond acceptors (Lipinski definition) is 2. The molecule has 2 heterocycles. The normalized spacial score (nSPS) is 15.1. The molecule has 4 nitrogen and oxygen atoms in total. The first-order valence-electron chi connectivity index (χ1n) is 7.09. The molecule has 0 fully saturated rings. The Morgan fingerprint density at radius 2 is 2.00 bits per heavy atom. The molecule has 0 bridgehead atoms. The smallest absolute Gasteiger partial charge is 0.410 e. The van der Waals surface area contributed by atoms with E-state index in [1.54, 1.807) is 4.90 Å². The van der Waals surface area contributed by atoms with Gasteiger partial charge in [-0.05, 0) is 45.0 Å². The molecule has 0 saturated carbocycles. The Balaban J connectivity index is 1.86. The maximum Gasteiger partial charge on any atom is 0.410 e. The van der Waals surface area contributed by atoms with Crippen molar-refractivity contribution in [1.29, 1.82) is 0 Å². The predicted octanol–water partition coefficient (Wildman–Crippen LogP) is 4.15. The highest BCUT2D eigenvalue weighted by molar-refractivity contribution is 9.10. The van der Waals surface area contributed by atoms with E-state index in [1.807, 2.05) is 20.8 Å². The number of halogens is 1. The molecule has 5 heteroatoms. The Bertz CT molecular complexity index is 700. The molecule has 0 atom stereocenters. The van der Waals surface area contributed by atoms with E-state index in [0.717, 1.165) is 16.7 Å². The second-order valence-electron chi connectivity index (χ2n) is 6.39. The summed E-state index contributed by atoms with van der Waals surface area (Å²) in [4.78, 5) is 14.0. The minimum atomic E-state index is -0.452. The van der Waals surface area contributed by atoms with E-state index in [0.29, 0.717) is 13.1 Å². The zero-order valence-electron chi connectivity index (χ0n) is 12.5. The topological polar surface area (TPSA) is 34.5 Å². The average Bonchev–Trinajstić information content (AvgIpc) is 2.72. The molecule has 21 heavy (non-hydrogen) atoms.